The van der Waals surface area contributed by atoms with Crippen molar-refractivity contribution in [2.24, 2.45) is 0 Å². The van der Waals surface area contributed by atoms with Crippen molar-refractivity contribution in [3.8, 4) is 0 Å². The second-order valence-corrected chi connectivity index (χ2v) is 5.97. The summed E-state index contributed by atoms with van der Waals surface area (Å²) in [4.78, 5) is 22.7. The fourth-order valence-corrected chi connectivity index (χ4v) is 2.81. The van der Waals surface area contributed by atoms with Crippen LogP contribution < -0.4 is 10.2 Å². The number of carbonyl (C=O) groups is 1. The number of carbonyl (C=O) groups excluding carboxylic acids is 1. The van der Waals surface area contributed by atoms with Crippen LogP contribution in [0.4, 0.5) is 11.4 Å². The molecule has 0 unspecified atom stereocenters. The van der Waals surface area contributed by atoms with Crippen molar-refractivity contribution in [3.63, 3.8) is 0 Å². The van der Waals surface area contributed by atoms with Gasteiger partial charge in [0.15, 0.2) is 0 Å². The molecular formula is C18H22N4O2. The van der Waals surface area contributed by atoms with E-state index in [1.807, 2.05) is 31.2 Å². The van der Waals surface area contributed by atoms with Gasteiger partial charge in [-0.15, -0.1) is 0 Å². The fraction of sp³-hybridized carbons (Fsp3) is 0.389. The number of amides is 1. The highest BCUT2D eigenvalue weighted by atomic mass is 16.5. The predicted octanol–water partition coefficient (Wildman–Crippen LogP) is 2.65. The van der Waals surface area contributed by atoms with Crippen LogP contribution in [0.5, 0.6) is 0 Å². The maximum absolute atomic E-state index is 12.1. The number of hydrogen-bond acceptors (Lipinski definition) is 5. The Morgan fingerprint density at radius 3 is 2.46 bits per heavy atom. The van der Waals surface area contributed by atoms with Gasteiger partial charge in [-0.25, -0.2) is 4.98 Å². The number of ether oxygens (including phenoxy) is 1. The number of aryl methyl sites for hydroxylation is 1. The van der Waals surface area contributed by atoms with E-state index in [1.54, 1.807) is 13.3 Å². The molecule has 1 saturated heterocycles. The number of nitrogens with zero attached hydrogens (tertiary/aromatic N) is 3. The quantitative estimate of drug-likeness (QED) is 0.935. The molecule has 1 aromatic heterocycles. The minimum Gasteiger partial charge on any atom is -0.381 e. The third kappa shape index (κ3) is 3.89. The van der Waals surface area contributed by atoms with Gasteiger partial charge in [-0.2, -0.15) is 0 Å². The van der Waals surface area contributed by atoms with E-state index in [0.29, 0.717) is 11.8 Å². The van der Waals surface area contributed by atoms with Gasteiger partial charge >= 0.3 is 0 Å². The van der Waals surface area contributed by atoms with E-state index in [4.69, 9.17) is 4.74 Å². The van der Waals surface area contributed by atoms with Gasteiger partial charge in [-0.05, 0) is 44.0 Å². The molecule has 0 spiro atoms. The van der Waals surface area contributed by atoms with E-state index < -0.39 is 0 Å². The molecule has 0 radical (unpaired) electrons. The number of benzene rings is 1. The molecule has 6 heteroatoms. The zero-order valence-corrected chi connectivity index (χ0v) is 14.0. The summed E-state index contributed by atoms with van der Waals surface area (Å²) in [5, 5.41) is 2.84. The Morgan fingerprint density at radius 1 is 1.17 bits per heavy atom. The number of rotatable bonds is 4. The third-order valence-electron chi connectivity index (χ3n) is 4.28. The lowest BCUT2D eigenvalue weighted by atomic mass is 10.1. The molecule has 2 heterocycles. The van der Waals surface area contributed by atoms with E-state index >= 15 is 0 Å². The van der Waals surface area contributed by atoms with Crippen LogP contribution in [-0.4, -0.2) is 42.2 Å². The van der Waals surface area contributed by atoms with E-state index in [2.05, 4.69) is 20.2 Å². The molecule has 0 atom stereocenters. The van der Waals surface area contributed by atoms with Crippen LogP contribution in [-0.2, 0) is 4.74 Å². The van der Waals surface area contributed by atoms with Gasteiger partial charge in [-0.3, -0.25) is 9.78 Å². The summed E-state index contributed by atoms with van der Waals surface area (Å²) in [6.45, 7) is 3.81. The van der Waals surface area contributed by atoms with Crippen LogP contribution in [0, 0.1) is 6.92 Å². The largest absolute Gasteiger partial charge is 0.381 e. The first-order valence-electron chi connectivity index (χ1n) is 8.13. The molecule has 126 valence electrons. The van der Waals surface area contributed by atoms with Crippen LogP contribution in [0.2, 0.25) is 0 Å². The SMILES string of the molecule is COC1CCN(c2ccc(NC(=O)c3cnc(C)cn3)cc2)CC1. The molecule has 1 aromatic carbocycles. The van der Waals surface area contributed by atoms with Crippen LogP contribution in [0.1, 0.15) is 29.0 Å². The summed E-state index contributed by atoms with van der Waals surface area (Å²) in [5.41, 5.74) is 3.01. The standard InChI is InChI=1S/C18H22N4O2/c1-13-11-20-17(12-19-13)18(23)21-14-3-5-15(6-4-14)22-9-7-16(24-2)8-10-22/h3-6,11-12,16H,7-10H2,1-2H3,(H,21,23). The van der Waals surface area contributed by atoms with Gasteiger partial charge in [0.1, 0.15) is 5.69 Å². The lowest BCUT2D eigenvalue weighted by Gasteiger charge is -2.33. The second-order valence-electron chi connectivity index (χ2n) is 5.97. The van der Waals surface area contributed by atoms with Crippen LogP contribution in [0.15, 0.2) is 36.7 Å². The third-order valence-corrected chi connectivity index (χ3v) is 4.28. The van der Waals surface area contributed by atoms with Crippen molar-refractivity contribution in [2.45, 2.75) is 25.9 Å². The Kier molecular flexibility index (Phi) is 5.05. The van der Waals surface area contributed by atoms with Crippen LogP contribution in [0.3, 0.4) is 0 Å². The van der Waals surface area contributed by atoms with Crippen LogP contribution in [0.25, 0.3) is 0 Å². The summed E-state index contributed by atoms with van der Waals surface area (Å²) < 4.78 is 5.40. The number of methoxy groups -OCH3 is 1. The normalized spacial score (nSPS) is 15.3. The maximum atomic E-state index is 12.1. The predicted molar refractivity (Wildman–Crippen MR) is 93.4 cm³/mol. The minimum absolute atomic E-state index is 0.254. The van der Waals surface area contributed by atoms with Crippen molar-refractivity contribution < 1.29 is 9.53 Å². The van der Waals surface area contributed by atoms with Gasteiger partial charge in [0.05, 0.1) is 18.0 Å². The second kappa shape index (κ2) is 7.40. The zero-order valence-electron chi connectivity index (χ0n) is 14.0. The average Bonchev–Trinajstić information content (AvgIpc) is 2.63. The highest BCUT2D eigenvalue weighted by Gasteiger charge is 2.18. The molecule has 1 fully saturated rings. The highest BCUT2D eigenvalue weighted by Crippen LogP contribution is 2.23. The summed E-state index contributed by atoms with van der Waals surface area (Å²) in [5.74, 6) is -0.254. The first-order valence-corrected chi connectivity index (χ1v) is 8.13. The number of anilines is 2. The first-order chi connectivity index (χ1) is 11.7. The lowest BCUT2D eigenvalue weighted by Crippen LogP contribution is -2.36. The van der Waals surface area contributed by atoms with Crippen molar-refractivity contribution in [3.05, 3.63) is 48.0 Å². The van der Waals surface area contributed by atoms with Gasteiger partial charge in [-0.1, -0.05) is 0 Å². The molecule has 1 aliphatic rings. The van der Waals surface area contributed by atoms with Crippen molar-refractivity contribution in [1.29, 1.82) is 0 Å². The summed E-state index contributed by atoms with van der Waals surface area (Å²) in [6.07, 6.45) is 5.53. The molecule has 24 heavy (non-hydrogen) atoms. The summed E-state index contributed by atoms with van der Waals surface area (Å²) in [6, 6.07) is 7.89. The molecule has 1 amide bonds. The molecule has 0 bridgehead atoms. The molecule has 0 saturated carbocycles. The fourth-order valence-electron chi connectivity index (χ4n) is 2.81. The number of aromatic nitrogens is 2. The maximum Gasteiger partial charge on any atom is 0.275 e. The zero-order chi connectivity index (χ0) is 16.9. The molecule has 2 aromatic rings. The smallest absolute Gasteiger partial charge is 0.275 e. The lowest BCUT2D eigenvalue weighted by molar-refractivity contribution is 0.0819. The Hall–Kier alpha value is -2.47. The first kappa shape index (κ1) is 16.4. The Bertz CT molecular complexity index is 677. The monoisotopic (exact) mass is 326 g/mol. The van der Waals surface area contributed by atoms with E-state index in [1.165, 1.54) is 6.20 Å². The van der Waals surface area contributed by atoms with Crippen molar-refractivity contribution >= 4 is 17.3 Å². The highest BCUT2D eigenvalue weighted by molar-refractivity contribution is 6.02. The van der Waals surface area contributed by atoms with Gasteiger partial charge in [0, 0.05) is 37.8 Å². The summed E-state index contributed by atoms with van der Waals surface area (Å²) in [7, 11) is 1.77. The molecule has 3 rings (SSSR count). The molecular weight excluding hydrogens is 304 g/mol. The van der Waals surface area contributed by atoms with Gasteiger partial charge in [0.25, 0.3) is 5.91 Å². The van der Waals surface area contributed by atoms with E-state index in [9.17, 15) is 4.79 Å². The van der Waals surface area contributed by atoms with E-state index in [-0.39, 0.29) is 5.91 Å². The molecule has 6 nitrogen and oxygen atoms in total. The number of hydrogen-bond donors (Lipinski definition) is 1. The molecule has 1 aliphatic heterocycles. The number of nitrogens with one attached hydrogen (secondary N) is 1. The van der Waals surface area contributed by atoms with E-state index in [0.717, 1.165) is 43.0 Å². The van der Waals surface area contributed by atoms with Crippen molar-refractivity contribution in [2.75, 3.05) is 30.4 Å². The Morgan fingerprint density at radius 2 is 1.88 bits per heavy atom. The number of piperidine rings is 1. The summed E-state index contributed by atoms with van der Waals surface area (Å²) >= 11 is 0. The van der Waals surface area contributed by atoms with Gasteiger partial charge in [0.2, 0.25) is 0 Å². The Labute approximate surface area is 141 Å². The average molecular weight is 326 g/mol. The molecule has 1 N–H and O–H groups in total. The van der Waals surface area contributed by atoms with Crippen molar-refractivity contribution in [1.82, 2.24) is 9.97 Å². The topological polar surface area (TPSA) is 67.3 Å². The molecule has 0 aliphatic carbocycles. The van der Waals surface area contributed by atoms with Crippen LogP contribution >= 0.6 is 0 Å². The van der Waals surface area contributed by atoms with Gasteiger partial charge < -0.3 is 15.0 Å². The Balaban J connectivity index is 1.60. The minimum atomic E-state index is -0.254.